The van der Waals surface area contributed by atoms with E-state index < -0.39 is 0 Å². The Labute approximate surface area is 109 Å². The molecule has 5 nitrogen and oxygen atoms in total. The summed E-state index contributed by atoms with van der Waals surface area (Å²) in [5.41, 5.74) is 0. The number of aromatic nitrogens is 3. The zero-order valence-corrected chi connectivity index (χ0v) is 11.7. The average molecular weight is 269 g/mol. The molecule has 2 heterocycles. The van der Waals surface area contributed by atoms with E-state index in [0.717, 1.165) is 33.1 Å². The lowest BCUT2D eigenvalue weighted by Crippen LogP contribution is -2.09. The lowest BCUT2D eigenvalue weighted by molar-refractivity contribution is 0.401. The van der Waals surface area contributed by atoms with Crippen LogP contribution in [-0.2, 0) is 6.54 Å². The summed E-state index contributed by atoms with van der Waals surface area (Å²) in [5.74, 6) is 0. The molecule has 1 N–H and O–H groups in total. The van der Waals surface area contributed by atoms with Crippen LogP contribution in [0.2, 0.25) is 0 Å². The molecular weight excluding hydrogens is 254 g/mol. The van der Waals surface area contributed by atoms with Crippen molar-refractivity contribution in [3.63, 3.8) is 0 Å². The molecule has 0 atom stereocenters. The number of thiazole rings is 1. The van der Waals surface area contributed by atoms with Gasteiger partial charge in [0.25, 0.3) is 0 Å². The quantitative estimate of drug-likeness (QED) is 0.901. The molecule has 0 amide bonds. The van der Waals surface area contributed by atoms with Crippen molar-refractivity contribution in [3.05, 3.63) is 11.2 Å². The van der Waals surface area contributed by atoms with Crippen molar-refractivity contribution in [2.75, 3.05) is 26.0 Å². The first-order valence-corrected chi connectivity index (χ1v) is 6.99. The fourth-order valence-electron chi connectivity index (χ4n) is 1.30. The van der Waals surface area contributed by atoms with Gasteiger partial charge in [-0.15, -0.1) is 21.5 Å². The molecule has 0 aliphatic carbocycles. The summed E-state index contributed by atoms with van der Waals surface area (Å²) in [7, 11) is 4.07. The van der Waals surface area contributed by atoms with Crippen molar-refractivity contribution < 1.29 is 0 Å². The van der Waals surface area contributed by atoms with Gasteiger partial charge in [-0.1, -0.05) is 11.3 Å². The lowest BCUT2D eigenvalue weighted by atomic mass is 10.6. The Hall–Kier alpha value is -1.05. The van der Waals surface area contributed by atoms with Gasteiger partial charge in [0.1, 0.15) is 5.01 Å². The fraction of sp³-hybridized carbons (Fsp3) is 0.500. The summed E-state index contributed by atoms with van der Waals surface area (Å²) in [4.78, 5) is 7.57. The number of hydrogen-bond donors (Lipinski definition) is 1. The molecule has 2 aromatic rings. The Morgan fingerprint density at radius 1 is 1.29 bits per heavy atom. The van der Waals surface area contributed by atoms with E-state index >= 15 is 0 Å². The second-order valence-corrected chi connectivity index (χ2v) is 5.89. The summed E-state index contributed by atoms with van der Waals surface area (Å²) in [6.07, 6.45) is 1.87. The first kappa shape index (κ1) is 12.4. The van der Waals surface area contributed by atoms with Gasteiger partial charge in [-0.25, -0.2) is 4.98 Å². The topological polar surface area (TPSA) is 53.9 Å². The third kappa shape index (κ3) is 3.21. The van der Waals surface area contributed by atoms with Crippen LogP contribution in [0.25, 0.3) is 9.88 Å². The normalized spacial score (nSPS) is 11.1. The van der Waals surface area contributed by atoms with E-state index in [2.05, 4.69) is 25.4 Å². The number of hydrogen-bond acceptors (Lipinski definition) is 7. The Balaban J connectivity index is 2.12. The van der Waals surface area contributed by atoms with Crippen LogP contribution in [-0.4, -0.2) is 40.7 Å². The number of nitrogens with one attached hydrogen (secondary N) is 1. The zero-order chi connectivity index (χ0) is 12.3. The number of nitrogens with zero attached hydrogens (tertiary/aromatic N) is 4. The van der Waals surface area contributed by atoms with Crippen molar-refractivity contribution in [2.24, 2.45) is 0 Å². The first-order chi connectivity index (χ1) is 8.19. The van der Waals surface area contributed by atoms with E-state index in [1.54, 1.807) is 22.7 Å². The van der Waals surface area contributed by atoms with E-state index in [0.29, 0.717) is 0 Å². The van der Waals surface area contributed by atoms with Crippen LogP contribution in [0.4, 0.5) is 5.13 Å². The molecule has 0 aromatic carbocycles. The van der Waals surface area contributed by atoms with Crippen LogP contribution in [0.3, 0.4) is 0 Å². The molecule has 0 saturated heterocycles. The Bertz CT molecular complexity index is 477. The second-order valence-electron chi connectivity index (χ2n) is 3.80. The molecule has 0 unspecified atom stereocenters. The highest BCUT2D eigenvalue weighted by atomic mass is 32.1. The Morgan fingerprint density at radius 3 is 2.82 bits per heavy atom. The Kier molecular flexibility index (Phi) is 4.03. The molecular formula is C10H15N5S2. The predicted molar refractivity (Wildman–Crippen MR) is 72.6 cm³/mol. The van der Waals surface area contributed by atoms with Gasteiger partial charge in [-0.2, -0.15) is 0 Å². The molecule has 0 saturated carbocycles. The van der Waals surface area contributed by atoms with Gasteiger partial charge >= 0.3 is 0 Å². The maximum Gasteiger partial charge on any atom is 0.206 e. The van der Waals surface area contributed by atoms with E-state index in [1.165, 1.54) is 0 Å². The van der Waals surface area contributed by atoms with Crippen LogP contribution in [0.15, 0.2) is 6.20 Å². The van der Waals surface area contributed by atoms with Crippen molar-refractivity contribution in [1.82, 2.24) is 20.1 Å². The molecule has 0 fully saturated rings. The highest BCUT2D eigenvalue weighted by molar-refractivity contribution is 7.23. The summed E-state index contributed by atoms with van der Waals surface area (Å²) < 4.78 is 0. The van der Waals surface area contributed by atoms with Crippen LogP contribution in [0.5, 0.6) is 0 Å². The molecule has 0 bridgehead atoms. The molecule has 0 aliphatic heterocycles. The van der Waals surface area contributed by atoms with Crippen LogP contribution < -0.4 is 5.32 Å². The van der Waals surface area contributed by atoms with Gasteiger partial charge in [-0.3, -0.25) is 0 Å². The predicted octanol–water partition coefficient (Wildman–Crippen LogP) is 2.16. The van der Waals surface area contributed by atoms with Gasteiger partial charge in [0.05, 0.1) is 4.88 Å². The van der Waals surface area contributed by atoms with E-state index in [-0.39, 0.29) is 0 Å². The van der Waals surface area contributed by atoms with Crippen molar-refractivity contribution in [3.8, 4) is 9.88 Å². The van der Waals surface area contributed by atoms with Gasteiger partial charge in [0.15, 0.2) is 5.01 Å². The summed E-state index contributed by atoms with van der Waals surface area (Å²) in [5, 5.41) is 14.3. The second kappa shape index (κ2) is 5.52. The lowest BCUT2D eigenvalue weighted by Gasteiger charge is -2.04. The monoisotopic (exact) mass is 269 g/mol. The molecule has 2 aromatic heterocycles. The minimum atomic E-state index is 0.864. The average Bonchev–Trinajstić information content (AvgIpc) is 2.86. The zero-order valence-electron chi connectivity index (χ0n) is 10.1. The molecule has 0 aliphatic rings. The van der Waals surface area contributed by atoms with Gasteiger partial charge in [0, 0.05) is 19.3 Å². The third-order valence-electron chi connectivity index (χ3n) is 1.97. The standard InChI is InChI=1S/C10H15N5S2/c1-4-11-10-14-13-9(17-10)7-5-12-8(16-7)6-15(2)3/h5H,4,6H2,1-3H3,(H,11,14). The minimum absolute atomic E-state index is 0.864. The molecule has 0 radical (unpaired) electrons. The largest absolute Gasteiger partial charge is 0.360 e. The van der Waals surface area contributed by atoms with Crippen molar-refractivity contribution in [2.45, 2.75) is 13.5 Å². The maximum atomic E-state index is 4.38. The van der Waals surface area contributed by atoms with E-state index in [4.69, 9.17) is 0 Å². The van der Waals surface area contributed by atoms with Gasteiger partial charge < -0.3 is 10.2 Å². The summed E-state index contributed by atoms with van der Waals surface area (Å²) in [6, 6.07) is 0. The van der Waals surface area contributed by atoms with Gasteiger partial charge in [-0.05, 0) is 21.0 Å². The van der Waals surface area contributed by atoms with Crippen LogP contribution >= 0.6 is 22.7 Å². The highest BCUT2D eigenvalue weighted by Crippen LogP contribution is 2.30. The summed E-state index contributed by atoms with van der Waals surface area (Å²) in [6.45, 7) is 3.77. The van der Waals surface area contributed by atoms with E-state index in [1.807, 2.05) is 27.2 Å². The number of anilines is 1. The number of rotatable bonds is 5. The fourth-order valence-corrected chi connectivity index (χ4v) is 3.18. The molecule has 92 valence electrons. The molecule has 17 heavy (non-hydrogen) atoms. The highest BCUT2D eigenvalue weighted by Gasteiger charge is 2.10. The van der Waals surface area contributed by atoms with Gasteiger partial charge in [0.2, 0.25) is 5.13 Å². The smallest absolute Gasteiger partial charge is 0.206 e. The van der Waals surface area contributed by atoms with Crippen LogP contribution in [0, 0.1) is 0 Å². The van der Waals surface area contributed by atoms with Crippen molar-refractivity contribution in [1.29, 1.82) is 0 Å². The van der Waals surface area contributed by atoms with Crippen LogP contribution in [0.1, 0.15) is 11.9 Å². The van der Waals surface area contributed by atoms with Crippen molar-refractivity contribution >= 4 is 27.8 Å². The summed E-state index contributed by atoms with van der Waals surface area (Å²) >= 11 is 3.24. The first-order valence-electron chi connectivity index (χ1n) is 5.36. The minimum Gasteiger partial charge on any atom is -0.360 e. The molecule has 2 rings (SSSR count). The maximum absolute atomic E-state index is 4.38. The SMILES string of the molecule is CCNc1nnc(-c2cnc(CN(C)C)s2)s1. The Morgan fingerprint density at radius 2 is 2.12 bits per heavy atom. The molecule has 0 spiro atoms. The van der Waals surface area contributed by atoms with E-state index in [9.17, 15) is 0 Å². The third-order valence-corrected chi connectivity index (χ3v) is 4.00. The molecule has 7 heteroatoms.